The van der Waals surface area contributed by atoms with Crippen LogP contribution in [-0.2, 0) is 4.79 Å². The normalized spacial score (nSPS) is 12.9. The quantitative estimate of drug-likeness (QED) is 0.807. The fourth-order valence-corrected chi connectivity index (χ4v) is 1.90. The van der Waals surface area contributed by atoms with Crippen molar-refractivity contribution in [2.24, 2.45) is 5.41 Å². The van der Waals surface area contributed by atoms with Crippen LogP contribution in [0, 0.1) is 30.6 Å². The molecule has 0 fully saturated rings. The molecule has 1 aromatic carbocycles. The van der Waals surface area contributed by atoms with Gasteiger partial charge in [-0.1, -0.05) is 39.0 Å². The van der Waals surface area contributed by atoms with E-state index in [0.717, 1.165) is 11.1 Å². The predicted octanol–water partition coefficient (Wildman–Crippen LogP) is 3.92. The van der Waals surface area contributed by atoms with Gasteiger partial charge < -0.3 is 0 Å². The summed E-state index contributed by atoms with van der Waals surface area (Å²) in [4.78, 5) is 12.2. The second-order valence-corrected chi connectivity index (χ2v) is 6.11. The van der Waals surface area contributed by atoms with Crippen molar-refractivity contribution in [1.29, 1.82) is 5.26 Å². The van der Waals surface area contributed by atoms with Crippen molar-refractivity contribution >= 4 is 5.78 Å². The van der Waals surface area contributed by atoms with E-state index in [2.05, 4.69) is 6.07 Å². The van der Waals surface area contributed by atoms with Gasteiger partial charge in [0, 0.05) is 6.42 Å². The van der Waals surface area contributed by atoms with E-state index >= 15 is 0 Å². The molecule has 1 atom stereocenters. The van der Waals surface area contributed by atoms with E-state index in [1.165, 1.54) is 5.56 Å². The van der Waals surface area contributed by atoms with Crippen LogP contribution in [0.4, 0.5) is 0 Å². The molecule has 0 aliphatic carbocycles. The summed E-state index contributed by atoms with van der Waals surface area (Å²) in [6.07, 6.45) is 0.429. The van der Waals surface area contributed by atoms with Crippen molar-refractivity contribution in [1.82, 2.24) is 0 Å². The van der Waals surface area contributed by atoms with Gasteiger partial charge in [-0.3, -0.25) is 4.79 Å². The van der Waals surface area contributed by atoms with Crippen LogP contribution in [0.2, 0.25) is 0 Å². The SMILES string of the molecule is Cc1ccc(C(C#N)C(=O)CC(C)(C)C)cc1C. The molecular formula is C16H21NO. The van der Waals surface area contributed by atoms with Crippen LogP contribution in [0.1, 0.15) is 49.8 Å². The number of carbonyl (C=O) groups is 1. The number of rotatable bonds is 3. The van der Waals surface area contributed by atoms with Crippen molar-refractivity contribution in [2.75, 3.05) is 0 Å². The Balaban J connectivity index is 3.00. The first-order valence-electron chi connectivity index (χ1n) is 6.24. The maximum absolute atomic E-state index is 12.2. The number of ketones is 1. The molecule has 0 aliphatic rings. The number of carbonyl (C=O) groups excluding carboxylic acids is 1. The van der Waals surface area contributed by atoms with Gasteiger partial charge in [0.05, 0.1) is 6.07 Å². The minimum Gasteiger partial charge on any atom is -0.298 e. The Hall–Kier alpha value is -1.62. The van der Waals surface area contributed by atoms with Gasteiger partial charge in [-0.25, -0.2) is 0 Å². The summed E-state index contributed by atoms with van der Waals surface area (Å²) in [6, 6.07) is 7.94. The third-order valence-electron chi connectivity index (χ3n) is 3.02. The average molecular weight is 243 g/mol. The second kappa shape index (κ2) is 5.35. The van der Waals surface area contributed by atoms with E-state index in [-0.39, 0.29) is 11.2 Å². The maximum atomic E-state index is 12.2. The van der Waals surface area contributed by atoms with Gasteiger partial charge in [-0.05, 0) is 36.0 Å². The van der Waals surface area contributed by atoms with E-state index in [9.17, 15) is 10.1 Å². The zero-order valence-corrected chi connectivity index (χ0v) is 11.9. The summed E-state index contributed by atoms with van der Waals surface area (Å²) in [5.41, 5.74) is 3.04. The maximum Gasteiger partial charge on any atom is 0.154 e. The number of hydrogen-bond acceptors (Lipinski definition) is 2. The molecule has 0 bridgehead atoms. The molecule has 1 unspecified atom stereocenters. The lowest BCUT2D eigenvalue weighted by atomic mass is 9.83. The fraction of sp³-hybridized carbons (Fsp3) is 0.500. The van der Waals surface area contributed by atoms with Gasteiger partial charge in [0.25, 0.3) is 0 Å². The molecule has 0 spiro atoms. The lowest BCUT2D eigenvalue weighted by molar-refractivity contribution is -0.121. The Bertz CT molecular complexity index is 489. The van der Waals surface area contributed by atoms with E-state index in [1.54, 1.807) is 0 Å². The highest BCUT2D eigenvalue weighted by molar-refractivity contribution is 5.88. The predicted molar refractivity (Wildman–Crippen MR) is 73.3 cm³/mol. The molecule has 0 aliphatic heterocycles. The first-order valence-corrected chi connectivity index (χ1v) is 6.24. The van der Waals surface area contributed by atoms with Crippen molar-refractivity contribution in [3.63, 3.8) is 0 Å². The summed E-state index contributed by atoms with van der Waals surface area (Å²) in [7, 11) is 0. The highest BCUT2D eigenvalue weighted by Crippen LogP contribution is 2.26. The Morgan fingerprint density at radius 1 is 1.28 bits per heavy atom. The van der Waals surface area contributed by atoms with Gasteiger partial charge >= 0.3 is 0 Å². The second-order valence-electron chi connectivity index (χ2n) is 6.11. The third-order valence-corrected chi connectivity index (χ3v) is 3.02. The topological polar surface area (TPSA) is 40.9 Å². The summed E-state index contributed by atoms with van der Waals surface area (Å²) < 4.78 is 0. The molecule has 0 amide bonds. The number of aryl methyl sites for hydroxylation is 2. The van der Waals surface area contributed by atoms with Gasteiger partial charge in [-0.2, -0.15) is 5.26 Å². The minimum absolute atomic E-state index is 0.00764. The largest absolute Gasteiger partial charge is 0.298 e. The third kappa shape index (κ3) is 3.70. The zero-order chi connectivity index (χ0) is 13.9. The lowest BCUT2D eigenvalue weighted by Crippen LogP contribution is -2.18. The average Bonchev–Trinajstić information content (AvgIpc) is 2.21. The van der Waals surface area contributed by atoms with E-state index in [0.29, 0.717) is 6.42 Å². The fourth-order valence-electron chi connectivity index (χ4n) is 1.90. The molecule has 2 heteroatoms. The van der Waals surface area contributed by atoms with E-state index in [4.69, 9.17) is 0 Å². The number of Topliss-reactive ketones (excluding diaryl/α,β-unsaturated/α-hetero) is 1. The molecule has 0 saturated heterocycles. The molecule has 0 aromatic heterocycles. The molecule has 0 radical (unpaired) electrons. The summed E-state index contributed by atoms with van der Waals surface area (Å²) >= 11 is 0. The number of benzene rings is 1. The lowest BCUT2D eigenvalue weighted by Gasteiger charge is -2.19. The highest BCUT2D eigenvalue weighted by Gasteiger charge is 2.25. The van der Waals surface area contributed by atoms with Crippen molar-refractivity contribution in [3.05, 3.63) is 34.9 Å². The number of nitriles is 1. The Morgan fingerprint density at radius 2 is 1.89 bits per heavy atom. The minimum atomic E-state index is -0.636. The molecule has 18 heavy (non-hydrogen) atoms. The highest BCUT2D eigenvalue weighted by atomic mass is 16.1. The standard InChI is InChI=1S/C16H21NO/c1-11-6-7-13(8-12(11)2)14(10-17)15(18)9-16(3,4)5/h6-8,14H,9H2,1-5H3. The Labute approximate surface area is 110 Å². The van der Waals surface area contributed by atoms with E-state index in [1.807, 2.05) is 52.8 Å². The molecule has 0 N–H and O–H groups in total. The molecular weight excluding hydrogens is 222 g/mol. The summed E-state index contributed by atoms with van der Waals surface area (Å²) in [5, 5.41) is 9.24. The van der Waals surface area contributed by atoms with Gasteiger partial charge in [0.1, 0.15) is 5.92 Å². The van der Waals surface area contributed by atoms with Crippen molar-refractivity contribution < 1.29 is 4.79 Å². The van der Waals surface area contributed by atoms with Crippen LogP contribution in [0.5, 0.6) is 0 Å². The van der Waals surface area contributed by atoms with E-state index < -0.39 is 5.92 Å². The molecule has 96 valence electrons. The van der Waals surface area contributed by atoms with Gasteiger partial charge in [-0.15, -0.1) is 0 Å². The Morgan fingerprint density at radius 3 is 2.33 bits per heavy atom. The molecule has 2 nitrogen and oxygen atoms in total. The van der Waals surface area contributed by atoms with Gasteiger partial charge in [0.15, 0.2) is 5.78 Å². The van der Waals surface area contributed by atoms with Crippen LogP contribution >= 0.6 is 0 Å². The number of hydrogen-bond donors (Lipinski definition) is 0. The molecule has 0 heterocycles. The molecule has 1 aromatic rings. The van der Waals surface area contributed by atoms with Crippen LogP contribution < -0.4 is 0 Å². The van der Waals surface area contributed by atoms with Crippen LogP contribution in [0.3, 0.4) is 0 Å². The Kier molecular flexibility index (Phi) is 4.29. The molecule has 1 rings (SSSR count). The van der Waals surface area contributed by atoms with Crippen LogP contribution in [0.15, 0.2) is 18.2 Å². The van der Waals surface area contributed by atoms with Crippen molar-refractivity contribution in [3.8, 4) is 6.07 Å². The number of nitrogens with zero attached hydrogens (tertiary/aromatic N) is 1. The van der Waals surface area contributed by atoms with Crippen molar-refractivity contribution in [2.45, 2.75) is 47.0 Å². The molecule has 0 saturated carbocycles. The smallest absolute Gasteiger partial charge is 0.154 e. The monoisotopic (exact) mass is 243 g/mol. The van der Waals surface area contributed by atoms with Crippen LogP contribution in [-0.4, -0.2) is 5.78 Å². The summed E-state index contributed by atoms with van der Waals surface area (Å²) in [5.74, 6) is -0.628. The van der Waals surface area contributed by atoms with Gasteiger partial charge in [0.2, 0.25) is 0 Å². The van der Waals surface area contributed by atoms with Crippen LogP contribution in [0.25, 0.3) is 0 Å². The zero-order valence-electron chi connectivity index (χ0n) is 11.9. The summed E-state index contributed by atoms with van der Waals surface area (Å²) in [6.45, 7) is 10.1. The first-order chi connectivity index (χ1) is 8.24. The first kappa shape index (κ1) is 14.4.